The molecule has 1 aliphatic rings. The van der Waals surface area contributed by atoms with Crippen molar-refractivity contribution in [3.8, 4) is 0 Å². The normalized spacial score (nSPS) is 20.1. The molecule has 0 bridgehead atoms. The molecule has 0 atom stereocenters. The van der Waals surface area contributed by atoms with E-state index in [9.17, 15) is 0 Å². The molecule has 0 spiro atoms. The second kappa shape index (κ2) is 3.69. The van der Waals surface area contributed by atoms with Crippen molar-refractivity contribution in [1.29, 1.82) is 0 Å². The van der Waals surface area contributed by atoms with Crippen molar-refractivity contribution < 1.29 is 0 Å². The van der Waals surface area contributed by atoms with Gasteiger partial charge in [-0.25, -0.2) is 0 Å². The number of nitrogens with one attached hydrogen (secondary N) is 1. The second-order valence-corrected chi connectivity index (χ2v) is 4.50. The molecule has 1 aliphatic carbocycles. The van der Waals surface area contributed by atoms with Gasteiger partial charge in [-0.15, -0.1) is 5.10 Å². The van der Waals surface area contributed by atoms with E-state index in [2.05, 4.69) is 22.6 Å². The summed E-state index contributed by atoms with van der Waals surface area (Å²) in [4.78, 5) is 0. The van der Waals surface area contributed by atoms with Gasteiger partial charge >= 0.3 is 0 Å². The molecule has 4 heteroatoms. The van der Waals surface area contributed by atoms with Gasteiger partial charge < -0.3 is 5.32 Å². The van der Waals surface area contributed by atoms with Gasteiger partial charge in [0, 0.05) is 25.3 Å². The first-order valence-electron chi connectivity index (χ1n) is 5.28. The van der Waals surface area contributed by atoms with Gasteiger partial charge in [0.1, 0.15) is 0 Å². The molecule has 1 aromatic heterocycles. The number of hydrogen-bond donors (Lipinski definition) is 1. The molecular formula is C10H18N4. The highest BCUT2D eigenvalue weighted by molar-refractivity contribution is 4.95. The van der Waals surface area contributed by atoms with Gasteiger partial charge in [0.2, 0.25) is 0 Å². The summed E-state index contributed by atoms with van der Waals surface area (Å²) in [7, 11) is 1.90. The highest BCUT2D eigenvalue weighted by Gasteiger charge is 2.27. The number of nitrogens with zero attached hydrogens (tertiary/aromatic N) is 3. The summed E-state index contributed by atoms with van der Waals surface area (Å²) in [5.74, 6) is 0. The SMILES string of the molecule is Cn1cc(CNC2(C)CCCC2)nn1. The molecule has 1 fully saturated rings. The van der Waals surface area contributed by atoms with Crippen molar-refractivity contribution in [2.75, 3.05) is 0 Å². The Kier molecular flexibility index (Phi) is 2.54. The van der Waals surface area contributed by atoms with Crippen molar-refractivity contribution in [2.24, 2.45) is 7.05 Å². The molecule has 1 heterocycles. The fourth-order valence-corrected chi connectivity index (χ4v) is 2.11. The second-order valence-electron chi connectivity index (χ2n) is 4.50. The van der Waals surface area contributed by atoms with Crippen molar-refractivity contribution in [3.63, 3.8) is 0 Å². The van der Waals surface area contributed by atoms with Crippen LogP contribution in [-0.2, 0) is 13.6 Å². The number of rotatable bonds is 3. The van der Waals surface area contributed by atoms with Crippen LogP contribution in [0, 0.1) is 0 Å². The van der Waals surface area contributed by atoms with Crippen LogP contribution in [0.2, 0.25) is 0 Å². The highest BCUT2D eigenvalue weighted by Crippen LogP contribution is 2.28. The molecule has 0 aromatic carbocycles. The van der Waals surface area contributed by atoms with Gasteiger partial charge in [-0.05, 0) is 19.8 Å². The van der Waals surface area contributed by atoms with Gasteiger partial charge in [0.15, 0.2) is 0 Å². The molecule has 2 rings (SSSR count). The van der Waals surface area contributed by atoms with E-state index in [0.717, 1.165) is 12.2 Å². The Morgan fingerprint density at radius 2 is 2.21 bits per heavy atom. The topological polar surface area (TPSA) is 42.7 Å². The third-order valence-corrected chi connectivity index (χ3v) is 3.05. The number of aromatic nitrogens is 3. The van der Waals surface area contributed by atoms with Crippen LogP contribution in [0.1, 0.15) is 38.3 Å². The molecule has 4 nitrogen and oxygen atoms in total. The molecule has 1 N–H and O–H groups in total. The Balaban J connectivity index is 1.87. The molecular weight excluding hydrogens is 176 g/mol. The van der Waals surface area contributed by atoms with Crippen LogP contribution >= 0.6 is 0 Å². The zero-order chi connectivity index (χ0) is 10.0. The fraction of sp³-hybridized carbons (Fsp3) is 0.800. The zero-order valence-electron chi connectivity index (χ0n) is 8.95. The van der Waals surface area contributed by atoms with E-state index in [-0.39, 0.29) is 0 Å². The standard InChI is InChI=1S/C10H18N4/c1-10(5-3-4-6-10)11-7-9-8-14(2)13-12-9/h8,11H,3-7H2,1-2H3. The van der Waals surface area contributed by atoms with Gasteiger partial charge in [-0.3, -0.25) is 4.68 Å². The molecule has 1 saturated carbocycles. The van der Waals surface area contributed by atoms with Crippen LogP contribution in [0.3, 0.4) is 0 Å². The Hall–Kier alpha value is -0.900. The molecule has 0 aliphatic heterocycles. The van der Waals surface area contributed by atoms with E-state index in [4.69, 9.17) is 0 Å². The van der Waals surface area contributed by atoms with Crippen molar-refractivity contribution in [3.05, 3.63) is 11.9 Å². The van der Waals surface area contributed by atoms with Crippen LogP contribution in [0.25, 0.3) is 0 Å². The smallest absolute Gasteiger partial charge is 0.0964 e. The lowest BCUT2D eigenvalue weighted by atomic mass is 10.0. The minimum absolute atomic E-state index is 0.331. The minimum Gasteiger partial charge on any atom is -0.306 e. The van der Waals surface area contributed by atoms with E-state index in [1.165, 1.54) is 25.7 Å². The third-order valence-electron chi connectivity index (χ3n) is 3.05. The maximum atomic E-state index is 4.06. The van der Waals surface area contributed by atoms with E-state index in [1.807, 2.05) is 13.2 Å². The van der Waals surface area contributed by atoms with Crippen molar-refractivity contribution in [2.45, 2.75) is 44.7 Å². The number of aryl methyl sites for hydroxylation is 1. The average molecular weight is 194 g/mol. The highest BCUT2D eigenvalue weighted by atomic mass is 15.4. The quantitative estimate of drug-likeness (QED) is 0.787. The summed E-state index contributed by atoms with van der Waals surface area (Å²) in [5, 5.41) is 11.5. The maximum Gasteiger partial charge on any atom is 0.0964 e. The van der Waals surface area contributed by atoms with Crippen molar-refractivity contribution >= 4 is 0 Å². The first-order valence-corrected chi connectivity index (χ1v) is 5.28. The molecule has 0 amide bonds. The summed E-state index contributed by atoms with van der Waals surface area (Å²) >= 11 is 0. The fourth-order valence-electron chi connectivity index (χ4n) is 2.11. The lowest BCUT2D eigenvalue weighted by Crippen LogP contribution is -2.38. The Morgan fingerprint density at radius 1 is 1.50 bits per heavy atom. The van der Waals surface area contributed by atoms with Crippen LogP contribution in [0.15, 0.2) is 6.20 Å². The largest absolute Gasteiger partial charge is 0.306 e. The van der Waals surface area contributed by atoms with E-state index in [0.29, 0.717) is 5.54 Å². The van der Waals surface area contributed by atoms with Crippen LogP contribution in [0.5, 0.6) is 0 Å². The third kappa shape index (κ3) is 2.12. The van der Waals surface area contributed by atoms with Gasteiger partial charge in [-0.1, -0.05) is 18.1 Å². The molecule has 0 unspecified atom stereocenters. The predicted octanol–water partition coefficient (Wildman–Crippen LogP) is 1.24. The molecule has 0 radical (unpaired) electrons. The Bertz CT molecular complexity index is 299. The van der Waals surface area contributed by atoms with Gasteiger partial charge in [0.25, 0.3) is 0 Å². The maximum absolute atomic E-state index is 4.06. The summed E-state index contributed by atoms with van der Waals surface area (Å²) in [6.45, 7) is 3.14. The molecule has 0 saturated heterocycles. The van der Waals surface area contributed by atoms with Crippen LogP contribution < -0.4 is 5.32 Å². The van der Waals surface area contributed by atoms with E-state index in [1.54, 1.807) is 4.68 Å². The first kappa shape index (κ1) is 9.65. The first-order chi connectivity index (χ1) is 6.68. The Morgan fingerprint density at radius 3 is 2.79 bits per heavy atom. The number of hydrogen-bond acceptors (Lipinski definition) is 3. The molecule has 1 aromatic rings. The lowest BCUT2D eigenvalue weighted by molar-refractivity contribution is 0.360. The van der Waals surface area contributed by atoms with Crippen molar-refractivity contribution in [1.82, 2.24) is 20.3 Å². The average Bonchev–Trinajstić information content (AvgIpc) is 2.73. The summed E-state index contributed by atoms with van der Waals surface area (Å²) in [5.41, 5.74) is 1.36. The predicted molar refractivity (Wildman–Crippen MR) is 54.7 cm³/mol. The Labute approximate surface area is 84.7 Å². The molecule has 14 heavy (non-hydrogen) atoms. The summed E-state index contributed by atoms with van der Waals surface area (Å²) in [6.07, 6.45) is 7.24. The zero-order valence-corrected chi connectivity index (χ0v) is 8.95. The van der Waals surface area contributed by atoms with E-state index >= 15 is 0 Å². The molecule has 78 valence electrons. The van der Waals surface area contributed by atoms with E-state index < -0.39 is 0 Å². The lowest BCUT2D eigenvalue weighted by Gasteiger charge is -2.24. The monoisotopic (exact) mass is 194 g/mol. The van der Waals surface area contributed by atoms with Crippen LogP contribution in [0.4, 0.5) is 0 Å². The minimum atomic E-state index is 0.331. The van der Waals surface area contributed by atoms with Crippen LogP contribution in [-0.4, -0.2) is 20.5 Å². The van der Waals surface area contributed by atoms with Gasteiger partial charge in [-0.2, -0.15) is 0 Å². The van der Waals surface area contributed by atoms with Gasteiger partial charge in [0.05, 0.1) is 5.69 Å². The summed E-state index contributed by atoms with van der Waals surface area (Å²) in [6, 6.07) is 0. The summed E-state index contributed by atoms with van der Waals surface area (Å²) < 4.78 is 1.74.